The fourth-order valence-electron chi connectivity index (χ4n) is 2.33. The Kier molecular flexibility index (Phi) is 4.06. The molecule has 1 N–H and O–H groups in total. The maximum atomic E-state index is 4.62. The molecule has 19 heavy (non-hydrogen) atoms. The Balaban J connectivity index is 1.52. The van der Waals surface area contributed by atoms with Gasteiger partial charge in [0.15, 0.2) is 5.17 Å². The zero-order chi connectivity index (χ0) is 13.1. The van der Waals surface area contributed by atoms with E-state index in [4.69, 9.17) is 0 Å². The smallest absolute Gasteiger partial charge is 0.171 e. The van der Waals surface area contributed by atoms with Crippen molar-refractivity contribution in [1.82, 2.24) is 15.3 Å². The molecule has 5 heteroatoms. The molecule has 0 saturated carbocycles. The van der Waals surface area contributed by atoms with E-state index in [-0.39, 0.29) is 0 Å². The van der Waals surface area contributed by atoms with Crippen molar-refractivity contribution in [3.05, 3.63) is 35.9 Å². The lowest BCUT2D eigenvalue weighted by molar-refractivity contribution is 0.132. The Morgan fingerprint density at radius 1 is 1.16 bits per heavy atom. The fraction of sp³-hybridized carbons (Fsp3) is 0.500. The molecule has 2 aliphatic heterocycles. The predicted molar refractivity (Wildman–Crippen MR) is 81.3 cm³/mol. The third-order valence-electron chi connectivity index (χ3n) is 3.58. The standard InChI is InChI=1S/C14H20N4S/c1-17-7-9-18(10-8-17)16-14-15-11-13(19-14)12-5-3-2-4-6-12/h2-6,13H,7-11H2,1H3,(H,15,16). The van der Waals surface area contributed by atoms with Gasteiger partial charge in [0.1, 0.15) is 0 Å². The van der Waals surface area contributed by atoms with Crippen LogP contribution in [-0.2, 0) is 0 Å². The van der Waals surface area contributed by atoms with Gasteiger partial charge in [-0.3, -0.25) is 10.4 Å². The molecule has 1 fully saturated rings. The van der Waals surface area contributed by atoms with E-state index in [2.05, 4.69) is 57.7 Å². The summed E-state index contributed by atoms with van der Waals surface area (Å²) in [7, 11) is 2.17. The highest BCUT2D eigenvalue weighted by Gasteiger charge is 2.23. The maximum Gasteiger partial charge on any atom is 0.171 e. The maximum absolute atomic E-state index is 4.62. The van der Waals surface area contributed by atoms with E-state index in [1.807, 2.05) is 11.8 Å². The summed E-state index contributed by atoms with van der Waals surface area (Å²) in [6.45, 7) is 5.24. The van der Waals surface area contributed by atoms with Crippen molar-refractivity contribution >= 4 is 16.9 Å². The zero-order valence-corrected chi connectivity index (χ0v) is 12.1. The molecule has 2 aliphatic rings. The molecule has 1 aromatic carbocycles. The minimum absolute atomic E-state index is 0.469. The van der Waals surface area contributed by atoms with Crippen LogP contribution in [-0.4, -0.2) is 54.8 Å². The SMILES string of the molecule is CN1CCN(NC2=NCC(c3ccccc3)S2)CC1. The lowest BCUT2D eigenvalue weighted by Gasteiger charge is -2.32. The lowest BCUT2D eigenvalue weighted by Crippen LogP contribution is -2.51. The third kappa shape index (κ3) is 3.29. The van der Waals surface area contributed by atoms with Crippen molar-refractivity contribution in [2.75, 3.05) is 39.8 Å². The summed E-state index contributed by atoms with van der Waals surface area (Å²) in [5, 5.41) is 3.81. The number of nitrogens with one attached hydrogen (secondary N) is 1. The molecule has 1 aromatic rings. The second-order valence-corrected chi connectivity index (χ2v) is 6.26. The van der Waals surface area contributed by atoms with E-state index in [1.54, 1.807) is 0 Å². The highest BCUT2D eigenvalue weighted by atomic mass is 32.2. The Bertz CT molecular complexity index is 440. The number of aliphatic imine (C=N–C) groups is 1. The molecule has 1 saturated heterocycles. The van der Waals surface area contributed by atoms with Gasteiger partial charge in [-0.2, -0.15) is 0 Å². The van der Waals surface area contributed by atoms with E-state index in [1.165, 1.54) is 5.56 Å². The summed E-state index contributed by atoms with van der Waals surface area (Å²) >= 11 is 1.84. The number of hydrogen-bond acceptors (Lipinski definition) is 5. The van der Waals surface area contributed by atoms with Gasteiger partial charge in [-0.1, -0.05) is 42.1 Å². The van der Waals surface area contributed by atoms with Crippen molar-refractivity contribution in [1.29, 1.82) is 0 Å². The largest absolute Gasteiger partial charge is 0.304 e. The first-order valence-electron chi connectivity index (χ1n) is 6.77. The number of rotatable bonds is 2. The topological polar surface area (TPSA) is 30.9 Å². The van der Waals surface area contributed by atoms with Gasteiger partial charge >= 0.3 is 0 Å². The number of benzene rings is 1. The molecular weight excluding hydrogens is 256 g/mol. The molecule has 0 spiro atoms. The lowest BCUT2D eigenvalue weighted by atomic mass is 10.1. The molecule has 0 radical (unpaired) electrons. The van der Waals surface area contributed by atoms with Gasteiger partial charge < -0.3 is 4.90 Å². The first-order chi connectivity index (χ1) is 9.31. The van der Waals surface area contributed by atoms with Crippen LogP contribution in [0, 0.1) is 0 Å². The van der Waals surface area contributed by atoms with Crippen molar-refractivity contribution in [3.63, 3.8) is 0 Å². The zero-order valence-electron chi connectivity index (χ0n) is 11.2. The van der Waals surface area contributed by atoms with Gasteiger partial charge in [0, 0.05) is 26.2 Å². The summed E-state index contributed by atoms with van der Waals surface area (Å²) in [6.07, 6.45) is 0. The Morgan fingerprint density at radius 2 is 1.89 bits per heavy atom. The van der Waals surface area contributed by atoms with E-state index < -0.39 is 0 Å². The van der Waals surface area contributed by atoms with Crippen LogP contribution >= 0.6 is 11.8 Å². The van der Waals surface area contributed by atoms with Crippen molar-refractivity contribution in [2.24, 2.45) is 4.99 Å². The van der Waals surface area contributed by atoms with Crippen LogP contribution in [0.15, 0.2) is 35.3 Å². The predicted octanol–water partition coefficient (Wildman–Crippen LogP) is 1.58. The number of thioether (sulfide) groups is 1. The minimum Gasteiger partial charge on any atom is -0.304 e. The molecule has 4 nitrogen and oxygen atoms in total. The van der Waals surface area contributed by atoms with Crippen LogP contribution in [0.5, 0.6) is 0 Å². The fourth-order valence-corrected chi connectivity index (χ4v) is 3.37. The molecule has 0 aromatic heterocycles. The second kappa shape index (κ2) is 5.94. The molecule has 0 bridgehead atoms. The van der Waals surface area contributed by atoms with Gasteiger partial charge in [0.2, 0.25) is 0 Å². The summed E-state index contributed by atoms with van der Waals surface area (Å²) in [5.74, 6) is 0. The van der Waals surface area contributed by atoms with Gasteiger partial charge in [-0.25, -0.2) is 5.01 Å². The van der Waals surface area contributed by atoms with Gasteiger partial charge in [-0.05, 0) is 12.6 Å². The number of hydrogen-bond donors (Lipinski definition) is 1. The molecule has 1 atom stereocenters. The minimum atomic E-state index is 0.469. The van der Waals surface area contributed by atoms with Crippen molar-refractivity contribution in [3.8, 4) is 0 Å². The number of amidine groups is 1. The average molecular weight is 276 g/mol. The van der Waals surface area contributed by atoms with E-state index >= 15 is 0 Å². The average Bonchev–Trinajstić information content (AvgIpc) is 2.91. The molecule has 0 aliphatic carbocycles. The van der Waals surface area contributed by atoms with Crippen LogP contribution in [0.2, 0.25) is 0 Å². The first kappa shape index (κ1) is 13.0. The van der Waals surface area contributed by atoms with Crippen LogP contribution in [0.1, 0.15) is 10.8 Å². The molecular formula is C14H20N4S. The summed E-state index contributed by atoms with van der Waals surface area (Å²) < 4.78 is 0. The van der Waals surface area contributed by atoms with Crippen LogP contribution in [0.25, 0.3) is 0 Å². The molecule has 0 amide bonds. The van der Waals surface area contributed by atoms with Gasteiger partial charge in [-0.15, -0.1) is 0 Å². The summed E-state index contributed by atoms with van der Waals surface area (Å²) in [5.41, 5.74) is 4.82. The van der Waals surface area contributed by atoms with Crippen LogP contribution in [0.3, 0.4) is 0 Å². The van der Waals surface area contributed by atoms with Crippen LogP contribution < -0.4 is 5.43 Å². The number of piperazine rings is 1. The van der Waals surface area contributed by atoms with E-state index in [9.17, 15) is 0 Å². The Hall–Kier alpha value is -1.04. The van der Waals surface area contributed by atoms with E-state index in [0.717, 1.165) is 37.9 Å². The quantitative estimate of drug-likeness (QED) is 0.888. The van der Waals surface area contributed by atoms with Gasteiger partial charge in [0.25, 0.3) is 0 Å². The highest BCUT2D eigenvalue weighted by molar-refractivity contribution is 8.14. The molecule has 3 rings (SSSR count). The van der Waals surface area contributed by atoms with Crippen molar-refractivity contribution in [2.45, 2.75) is 5.25 Å². The van der Waals surface area contributed by atoms with Crippen molar-refractivity contribution < 1.29 is 0 Å². The molecule has 1 unspecified atom stereocenters. The third-order valence-corrected chi connectivity index (χ3v) is 4.73. The number of nitrogens with zero attached hydrogens (tertiary/aromatic N) is 3. The Labute approximate surface area is 118 Å². The molecule has 2 heterocycles. The van der Waals surface area contributed by atoms with E-state index in [0.29, 0.717) is 5.25 Å². The highest BCUT2D eigenvalue weighted by Crippen LogP contribution is 2.34. The van der Waals surface area contributed by atoms with Gasteiger partial charge in [0.05, 0.1) is 11.8 Å². The monoisotopic (exact) mass is 276 g/mol. The second-order valence-electron chi connectivity index (χ2n) is 5.07. The summed E-state index contributed by atoms with van der Waals surface area (Å²) in [6, 6.07) is 10.6. The number of hydrazine groups is 1. The number of likely N-dealkylation sites (N-methyl/N-ethyl adjacent to an activating group) is 1. The summed E-state index contributed by atoms with van der Waals surface area (Å²) in [4.78, 5) is 6.98. The normalized spacial score (nSPS) is 25.3. The van der Waals surface area contributed by atoms with Crippen LogP contribution in [0.4, 0.5) is 0 Å². The molecule has 102 valence electrons. The Morgan fingerprint density at radius 3 is 2.63 bits per heavy atom. The first-order valence-corrected chi connectivity index (χ1v) is 7.65.